The van der Waals surface area contributed by atoms with Crippen LogP contribution in [-0.4, -0.2) is 74.5 Å². The van der Waals surface area contributed by atoms with Crippen LogP contribution in [0.25, 0.3) is 22.2 Å². The molecule has 2 aliphatic heterocycles. The summed E-state index contributed by atoms with van der Waals surface area (Å²) in [4.78, 5) is 17.3. The van der Waals surface area contributed by atoms with Gasteiger partial charge in [0.25, 0.3) is 0 Å². The Hall–Kier alpha value is -3.67. The van der Waals surface area contributed by atoms with Gasteiger partial charge >= 0.3 is 6.09 Å². The molecule has 2 aromatic heterocycles. The number of aromatic nitrogens is 4. The molecule has 2 aromatic carbocycles. The molecular weight excluding hydrogens is 623 g/mol. The summed E-state index contributed by atoms with van der Waals surface area (Å²) in [5, 5.41) is 21.9. The van der Waals surface area contributed by atoms with Crippen molar-refractivity contribution < 1.29 is 14.3 Å². The van der Waals surface area contributed by atoms with Crippen LogP contribution in [0.2, 0.25) is 0 Å². The number of nitrogens with zero attached hydrogens (tertiary/aromatic N) is 5. The molecule has 11 heteroatoms. The SMILES string of the molecule is CSc1cc(NC2CCCCO2)c(C=N)c(-c2cn(Cc3ccc4cc(CN5CCC6(CCC6)C5)n(C(=O)OC(C)(C)C)c4c3)nn2)c1. The molecule has 7 rings (SSSR count). The van der Waals surface area contributed by atoms with E-state index in [0.717, 1.165) is 89.4 Å². The van der Waals surface area contributed by atoms with Gasteiger partial charge in [-0.3, -0.25) is 4.90 Å². The van der Waals surface area contributed by atoms with Crippen molar-refractivity contribution in [1.82, 2.24) is 24.5 Å². The molecule has 1 spiro atoms. The number of ether oxygens (including phenoxy) is 2. The molecule has 1 saturated carbocycles. The summed E-state index contributed by atoms with van der Waals surface area (Å²) < 4.78 is 15.5. The Balaban J connectivity index is 1.16. The maximum Gasteiger partial charge on any atom is 0.419 e. The molecule has 4 aromatic rings. The topological polar surface area (TPSA) is 110 Å². The minimum atomic E-state index is -0.606. The van der Waals surface area contributed by atoms with Gasteiger partial charge in [-0.15, -0.1) is 16.9 Å². The van der Waals surface area contributed by atoms with Gasteiger partial charge in [0.1, 0.15) is 17.5 Å². The first-order chi connectivity index (χ1) is 23.1. The second-order valence-corrected chi connectivity index (χ2v) is 15.6. The van der Waals surface area contributed by atoms with E-state index in [0.29, 0.717) is 17.7 Å². The van der Waals surface area contributed by atoms with Crippen LogP contribution < -0.4 is 5.32 Å². The van der Waals surface area contributed by atoms with Gasteiger partial charge in [-0.05, 0) is 107 Å². The van der Waals surface area contributed by atoms with Gasteiger partial charge in [-0.25, -0.2) is 14.0 Å². The predicted octanol–water partition coefficient (Wildman–Crippen LogP) is 7.77. The molecule has 3 fully saturated rings. The summed E-state index contributed by atoms with van der Waals surface area (Å²) in [6, 6.07) is 12.5. The molecule has 1 unspecified atom stereocenters. The van der Waals surface area contributed by atoms with Crippen molar-refractivity contribution in [3.63, 3.8) is 0 Å². The van der Waals surface area contributed by atoms with Crippen LogP contribution in [0.1, 0.15) is 82.5 Å². The largest absolute Gasteiger partial charge is 0.443 e. The molecule has 2 saturated heterocycles. The van der Waals surface area contributed by atoms with Crippen molar-refractivity contribution in [2.75, 3.05) is 31.3 Å². The number of likely N-dealkylation sites (tertiary alicyclic amines) is 1. The fourth-order valence-electron chi connectivity index (χ4n) is 7.46. The number of hydrogen-bond acceptors (Lipinski definition) is 9. The quantitative estimate of drug-likeness (QED) is 0.137. The Labute approximate surface area is 287 Å². The zero-order valence-corrected chi connectivity index (χ0v) is 29.4. The summed E-state index contributed by atoms with van der Waals surface area (Å²) in [6.07, 6.45) is 13.3. The summed E-state index contributed by atoms with van der Waals surface area (Å²) in [7, 11) is 0. The van der Waals surface area contributed by atoms with E-state index in [-0.39, 0.29) is 12.3 Å². The smallest absolute Gasteiger partial charge is 0.419 e. The summed E-state index contributed by atoms with van der Waals surface area (Å²) in [5.74, 6) is 0. The van der Waals surface area contributed by atoms with E-state index in [1.807, 2.05) is 37.9 Å². The van der Waals surface area contributed by atoms with E-state index in [4.69, 9.17) is 14.9 Å². The minimum Gasteiger partial charge on any atom is -0.443 e. The van der Waals surface area contributed by atoms with E-state index in [1.165, 1.54) is 31.9 Å². The number of benzene rings is 2. The Morgan fingerprint density at radius 2 is 2.00 bits per heavy atom. The highest BCUT2D eigenvalue weighted by Crippen LogP contribution is 2.48. The lowest BCUT2D eigenvalue weighted by atomic mass is 9.68. The van der Waals surface area contributed by atoms with E-state index >= 15 is 0 Å². The highest BCUT2D eigenvalue weighted by Gasteiger charge is 2.42. The second kappa shape index (κ2) is 13.3. The van der Waals surface area contributed by atoms with Crippen molar-refractivity contribution in [2.24, 2.45) is 5.41 Å². The first-order valence-corrected chi connectivity index (χ1v) is 18.4. The van der Waals surface area contributed by atoms with Crippen molar-refractivity contribution in [3.8, 4) is 11.3 Å². The fourth-order valence-corrected chi connectivity index (χ4v) is 7.94. The third-order valence-corrected chi connectivity index (χ3v) is 10.7. The van der Waals surface area contributed by atoms with Gasteiger partial charge in [0, 0.05) is 58.7 Å². The highest BCUT2D eigenvalue weighted by molar-refractivity contribution is 7.98. The number of anilines is 1. The lowest BCUT2D eigenvalue weighted by Crippen LogP contribution is -2.33. The predicted molar refractivity (Wildman–Crippen MR) is 191 cm³/mol. The monoisotopic (exact) mass is 669 g/mol. The number of thioether (sulfide) groups is 1. The van der Waals surface area contributed by atoms with Crippen LogP contribution in [0.15, 0.2) is 47.5 Å². The maximum atomic E-state index is 13.7. The normalized spacial score (nSPS) is 19.5. The number of carbonyl (C=O) groups excluding carboxylic acids is 1. The molecule has 0 radical (unpaired) electrons. The second-order valence-electron chi connectivity index (χ2n) is 14.7. The molecule has 1 atom stereocenters. The van der Waals surface area contributed by atoms with E-state index in [2.05, 4.69) is 56.9 Å². The number of hydrogen-bond donors (Lipinski definition) is 2. The Morgan fingerprint density at radius 3 is 2.69 bits per heavy atom. The first-order valence-electron chi connectivity index (χ1n) is 17.2. The Kier molecular flexibility index (Phi) is 9.12. The molecule has 10 nitrogen and oxygen atoms in total. The number of rotatable bonds is 9. The average molecular weight is 670 g/mol. The highest BCUT2D eigenvalue weighted by atomic mass is 32.2. The molecular formula is C37H47N7O3S. The van der Waals surface area contributed by atoms with Crippen molar-refractivity contribution in [1.29, 1.82) is 5.41 Å². The third kappa shape index (κ3) is 6.91. The van der Waals surface area contributed by atoms with Crippen LogP contribution in [0, 0.1) is 10.8 Å². The summed E-state index contributed by atoms with van der Waals surface area (Å²) in [5.41, 5.74) is 5.88. The standard InChI is InChI=1S/C37H47N7O3S/c1-36(2,3)47-35(45)44-27(22-42-14-13-37(24-42)11-7-12-37)17-26-10-9-25(16-33(26)44)21-43-23-32(40-41-43)29-18-28(48-4)19-31(30(29)20-38)39-34-8-5-6-15-46-34/h9-10,16-20,23,34,38-39H,5-8,11-15,21-22,24H2,1-4H3. The van der Waals surface area contributed by atoms with Crippen molar-refractivity contribution >= 4 is 40.7 Å². The molecule has 3 aliphatic rings. The lowest BCUT2D eigenvalue weighted by molar-refractivity contribution is 0.0343. The van der Waals surface area contributed by atoms with Crippen LogP contribution >= 0.6 is 11.8 Å². The third-order valence-electron chi connectivity index (χ3n) is 10.0. The van der Waals surface area contributed by atoms with E-state index in [1.54, 1.807) is 16.3 Å². The average Bonchev–Trinajstić information content (AvgIpc) is 3.77. The summed E-state index contributed by atoms with van der Waals surface area (Å²) >= 11 is 1.65. The zero-order chi connectivity index (χ0) is 33.5. The molecule has 2 N–H and O–H groups in total. The number of nitrogens with one attached hydrogen (secondary N) is 2. The van der Waals surface area contributed by atoms with Gasteiger partial charge < -0.3 is 20.2 Å². The minimum absolute atomic E-state index is 0.0668. The van der Waals surface area contributed by atoms with Gasteiger partial charge in [-0.1, -0.05) is 23.8 Å². The Bertz CT molecular complexity index is 1810. The zero-order valence-electron chi connectivity index (χ0n) is 28.6. The van der Waals surface area contributed by atoms with Gasteiger partial charge in [0.15, 0.2) is 0 Å². The van der Waals surface area contributed by atoms with Crippen LogP contribution in [0.5, 0.6) is 0 Å². The molecule has 4 heterocycles. The first kappa shape index (κ1) is 32.9. The molecule has 254 valence electrons. The van der Waals surface area contributed by atoms with Crippen molar-refractivity contribution in [2.45, 2.75) is 95.5 Å². The van der Waals surface area contributed by atoms with Crippen LogP contribution in [-0.2, 0) is 22.6 Å². The number of carbonyl (C=O) groups is 1. The lowest BCUT2D eigenvalue weighted by Gasteiger charge is -2.38. The van der Waals surface area contributed by atoms with Gasteiger partial charge in [0.2, 0.25) is 0 Å². The molecule has 1 aliphatic carbocycles. The van der Waals surface area contributed by atoms with Gasteiger partial charge in [-0.2, -0.15) is 0 Å². The van der Waals surface area contributed by atoms with Crippen LogP contribution in [0.3, 0.4) is 0 Å². The number of fused-ring (bicyclic) bond motifs is 1. The molecule has 0 bridgehead atoms. The maximum absolute atomic E-state index is 13.7. The Morgan fingerprint density at radius 1 is 1.15 bits per heavy atom. The molecule has 48 heavy (non-hydrogen) atoms. The fraction of sp³-hybridized carbons (Fsp3) is 0.514. The van der Waals surface area contributed by atoms with Gasteiger partial charge in [0.05, 0.1) is 18.3 Å². The van der Waals surface area contributed by atoms with E-state index < -0.39 is 5.60 Å². The van der Waals surface area contributed by atoms with Crippen LogP contribution in [0.4, 0.5) is 10.5 Å². The van der Waals surface area contributed by atoms with E-state index in [9.17, 15) is 4.79 Å². The van der Waals surface area contributed by atoms with Crippen molar-refractivity contribution in [3.05, 3.63) is 59.4 Å². The summed E-state index contributed by atoms with van der Waals surface area (Å²) in [6.45, 7) is 9.86. The molecule has 0 amide bonds.